The van der Waals surface area contributed by atoms with Gasteiger partial charge in [-0.15, -0.1) is 11.8 Å². The molecule has 0 spiro atoms. The Balaban J connectivity index is 1.36. The van der Waals surface area contributed by atoms with Crippen LogP contribution >= 0.6 is 23.3 Å². The number of nitrogen functional groups attached to an aromatic ring is 1. The zero-order valence-electron chi connectivity index (χ0n) is 18.2. The fourth-order valence-corrected chi connectivity index (χ4v) is 5.62. The first-order valence-corrected chi connectivity index (χ1v) is 12.2. The van der Waals surface area contributed by atoms with Gasteiger partial charge >= 0.3 is 5.97 Å². The quantitative estimate of drug-likeness (QED) is 0.205. The lowest BCUT2D eigenvalue weighted by Gasteiger charge is -2.49. The van der Waals surface area contributed by atoms with Gasteiger partial charge in [-0.1, -0.05) is 5.16 Å². The number of carboxylic acids is 1. The van der Waals surface area contributed by atoms with Gasteiger partial charge in [-0.25, -0.2) is 14.3 Å². The summed E-state index contributed by atoms with van der Waals surface area (Å²) in [7, 11) is 0. The number of aromatic nitrogens is 5. The minimum absolute atomic E-state index is 0.0238. The summed E-state index contributed by atoms with van der Waals surface area (Å²) < 4.78 is 7.59. The highest BCUT2D eigenvalue weighted by Gasteiger charge is 2.54. The number of β-lactam (4-membered cyclic amide) rings is 1. The highest BCUT2D eigenvalue weighted by atomic mass is 32.2. The van der Waals surface area contributed by atoms with E-state index in [4.69, 9.17) is 10.6 Å². The van der Waals surface area contributed by atoms with Crippen molar-refractivity contribution < 1.29 is 24.3 Å². The molecule has 5 rings (SSSR count). The number of amides is 2. The fraction of sp³-hybridized carbons (Fsp3) is 0.316. The van der Waals surface area contributed by atoms with Crippen molar-refractivity contribution in [1.82, 2.24) is 33.8 Å². The van der Waals surface area contributed by atoms with Crippen LogP contribution in [0.15, 0.2) is 41.1 Å². The Morgan fingerprint density at radius 1 is 1.40 bits per heavy atom. The number of rotatable bonds is 8. The molecule has 0 aliphatic carbocycles. The van der Waals surface area contributed by atoms with Gasteiger partial charge in [-0.2, -0.15) is 9.36 Å². The van der Waals surface area contributed by atoms with Crippen LogP contribution in [-0.4, -0.2) is 80.8 Å². The molecule has 2 atom stereocenters. The van der Waals surface area contributed by atoms with Crippen LogP contribution in [-0.2, 0) is 25.8 Å². The molecule has 0 unspecified atom stereocenters. The summed E-state index contributed by atoms with van der Waals surface area (Å²) in [5.41, 5.74) is 6.61. The third kappa shape index (κ3) is 3.99. The maximum Gasteiger partial charge on any atom is 0.352 e. The van der Waals surface area contributed by atoms with Gasteiger partial charge in [0.2, 0.25) is 11.5 Å². The molecule has 16 heteroatoms. The first kappa shape index (κ1) is 22.9. The predicted octanol–water partition coefficient (Wildman–Crippen LogP) is -0.251. The van der Waals surface area contributed by atoms with Crippen LogP contribution in [0.25, 0.3) is 5.65 Å². The number of imidazole rings is 1. The molecule has 35 heavy (non-hydrogen) atoms. The van der Waals surface area contributed by atoms with E-state index in [0.29, 0.717) is 11.3 Å². The van der Waals surface area contributed by atoms with Crippen molar-refractivity contribution in [2.24, 2.45) is 5.16 Å². The third-order valence-corrected chi connectivity index (χ3v) is 7.25. The molecule has 1 saturated heterocycles. The van der Waals surface area contributed by atoms with Crippen LogP contribution in [0.3, 0.4) is 0 Å². The molecule has 2 aliphatic rings. The number of thioether (sulfide) groups is 1. The van der Waals surface area contributed by atoms with Crippen molar-refractivity contribution in [3.8, 4) is 0 Å². The molecule has 0 radical (unpaired) electrons. The normalized spacial score (nSPS) is 20.1. The Bertz CT molecular complexity index is 1390. The van der Waals surface area contributed by atoms with Gasteiger partial charge in [0.15, 0.2) is 10.8 Å². The second-order valence-corrected chi connectivity index (χ2v) is 9.36. The maximum atomic E-state index is 13.0. The molecule has 4 N–H and O–H groups in total. The van der Waals surface area contributed by atoms with Crippen molar-refractivity contribution in [3.63, 3.8) is 0 Å². The van der Waals surface area contributed by atoms with Crippen LogP contribution in [0.4, 0.5) is 5.13 Å². The van der Waals surface area contributed by atoms with Gasteiger partial charge < -0.3 is 21.0 Å². The van der Waals surface area contributed by atoms with E-state index in [9.17, 15) is 19.5 Å². The van der Waals surface area contributed by atoms with E-state index < -0.39 is 29.2 Å². The second-order valence-electron chi connectivity index (χ2n) is 7.48. The minimum Gasteiger partial charge on any atom is -0.477 e. The standard InChI is InChI=1S/C19H19N9O5S2/c1-2-33-24-11(14-23-19(20)35-25-14)15(29)22-12-16(30)28-13(18(31)32)9(8-34-17(12)28)7-26-5-3-10-21-4-6-27(10)26/h3-6,12,17H,2,7-8H2,1H3,(H,22,29)(H,31,32)(H2,20,23,25)/b24-11+/t12-,17-/m1/s1. The summed E-state index contributed by atoms with van der Waals surface area (Å²) in [6.07, 6.45) is 5.21. The molecule has 2 amide bonds. The van der Waals surface area contributed by atoms with E-state index in [2.05, 4.69) is 24.8 Å². The molecule has 0 bridgehead atoms. The summed E-state index contributed by atoms with van der Waals surface area (Å²) in [5.74, 6) is -2.13. The number of hydrogen-bond donors (Lipinski definition) is 3. The molecule has 3 aromatic rings. The average molecular weight is 518 g/mol. The molecule has 0 aromatic carbocycles. The number of oxime groups is 1. The Morgan fingerprint density at radius 2 is 2.23 bits per heavy atom. The number of nitrogens with zero attached hydrogens (tertiary/aromatic N) is 7. The van der Waals surface area contributed by atoms with Crippen LogP contribution in [0.5, 0.6) is 0 Å². The van der Waals surface area contributed by atoms with Crippen molar-refractivity contribution in [2.75, 3.05) is 18.1 Å². The molecular weight excluding hydrogens is 498 g/mol. The lowest BCUT2D eigenvalue weighted by Crippen LogP contribution is -2.71. The number of hydrogen-bond acceptors (Lipinski definition) is 11. The number of nitrogens with one attached hydrogen (secondary N) is 1. The number of carbonyl (C=O) groups excluding carboxylic acids is 2. The van der Waals surface area contributed by atoms with Gasteiger partial charge in [0, 0.05) is 41.9 Å². The van der Waals surface area contributed by atoms with Crippen molar-refractivity contribution in [2.45, 2.75) is 24.9 Å². The van der Waals surface area contributed by atoms with Crippen molar-refractivity contribution in [3.05, 3.63) is 41.8 Å². The number of aliphatic carboxylic acids is 1. The van der Waals surface area contributed by atoms with Gasteiger partial charge in [-0.3, -0.25) is 19.2 Å². The molecule has 2 aliphatic heterocycles. The monoisotopic (exact) mass is 517 g/mol. The molecule has 3 aromatic heterocycles. The van der Waals surface area contributed by atoms with E-state index in [0.717, 1.165) is 17.2 Å². The van der Waals surface area contributed by atoms with Crippen LogP contribution in [0.2, 0.25) is 0 Å². The molecule has 182 valence electrons. The van der Waals surface area contributed by atoms with Crippen LogP contribution in [0, 0.1) is 0 Å². The van der Waals surface area contributed by atoms with Gasteiger partial charge in [0.05, 0.1) is 6.54 Å². The van der Waals surface area contributed by atoms with E-state index in [1.54, 1.807) is 30.0 Å². The minimum atomic E-state index is -1.21. The molecule has 0 saturated carbocycles. The Labute approximate surface area is 205 Å². The highest BCUT2D eigenvalue weighted by molar-refractivity contribution is 8.00. The van der Waals surface area contributed by atoms with Crippen LogP contribution < -0.4 is 11.1 Å². The maximum absolute atomic E-state index is 13.0. The van der Waals surface area contributed by atoms with Crippen molar-refractivity contribution >= 4 is 57.6 Å². The summed E-state index contributed by atoms with van der Waals surface area (Å²) in [5, 5.41) is 15.9. The third-order valence-electron chi connectivity index (χ3n) is 5.36. The number of nitrogens with two attached hydrogens (primary N) is 1. The average Bonchev–Trinajstić information content (AvgIpc) is 3.56. The first-order chi connectivity index (χ1) is 16.9. The smallest absolute Gasteiger partial charge is 0.352 e. The molecule has 14 nitrogen and oxygen atoms in total. The lowest BCUT2D eigenvalue weighted by atomic mass is 10.0. The van der Waals surface area contributed by atoms with Gasteiger partial charge in [0.1, 0.15) is 23.7 Å². The first-order valence-electron chi connectivity index (χ1n) is 10.4. The zero-order valence-corrected chi connectivity index (χ0v) is 19.8. The SMILES string of the molecule is CCO/N=C(/C(=O)N[C@@H]1C(=O)N2C(C(=O)O)=C(Cn3ccc4nccn43)CS[C@H]12)c1nsc(N)n1. The Morgan fingerprint density at radius 3 is 2.94 bits per heavy atom. The van der Waals surface area contributed by atoms with Crippen molar-refractivity contribution in [1.29, 1.82) is 0 Å². The van der Waals surface area contributed by atoms with E-state index in [-0.39, 0.29) is 35.5 Å². The summed E-state index contributed by atoms with van der Waals surface area (Å²) >= 11 is 2.25. The number of carboxylic acid groups (broad SMARTS) is 1. The number of fused-ring (bicyclic) bond motifs is 2. The summed E-state index contributed by atoms with van der Waals surface area (Å²) in [6.45, 7) is 2.16. The molecule has 5 heterocycles. The Kier molecular flexibility index (Phi) is 5.89. The number of anilines is 1. The second kappa shape index (κ2) is 9.03. The van der Waals surface area contributed by atoms with Crippen LogP contribution in [0.1, 0.15) is 12.7 Å². The lowest BCUT2D eigenvalue weighted by molar-refractivity contribution is -0.150. The van der Waals surface area contributed by atoms with E-state index in [1.165, 1.54) is 16.7 Å². The van der Waals surface area contributed by atoms with E-state index >= 15 is 0 Å². The summed E-state index contributed by atoms with van der Waals surface area (Å²) in [6, 6.07) is 0.866. The highest BCUT2D eigenvalue weighted by Crippen LogP contribution is 2.40. The number of carbonyl (C=O) groups is 3. The Hall–Kier alpha value is -3.92. The topological polar surface area (TPSA) is 182 Å². The van der Waals surface area contributed by atoms with Gasteiger partial charge in [0.25, 0.3) is 11.8 Å². The molecule has 1 fully saturated rings. The van der Waals surface area contributed by atoms with E-state index in [1.807, 2.05) is 10.7 Å². The fourth-order valence-electron chi connectivity index (χ4n) is 3.85. The largest absolute Gasteiger partial charge is 0.477 e. The van der Waals surface area contributed by atoms with Gasteiger partial charge in [-0.05, 0) is 12.5 Å². The zero-order chi connectivity index (χ0) is 24.7. The molecular formula is C19H19N9O5S2. The summed E-state index contributed by atoms with van der Waals surface area (Å²) in [4.78, 5) is 52.4. The predicted molar refractivity (Wildman–Crippen MR) is 125 cm³/mol.